The predicted octanol–water partition coefficient (Wildman–Crippen LogP) is 3.47. The van der Waals surface area contributed by atoms with E-state index in [9.17, 15) is 8.78 Å². The van der Waals surface area contributed by atoms with Crippen molar-refractivity contribution in [2.75, 3.05) is 19.0 Å². The van der Waals surface area contributed by atoms with Gasteiger partial charge in [-0.25, -0.2) is 18.7 Å². The largest absolute Gasteiger partial charge is 0.493 e. The van der Waals surface area contributed by atoms with Crippen LogP contribution in [0.4, 0.5) is 14.6 Å². The fraction of sp³-hybridized carbons (Fsp3) is 0.250. The zero-order valence-electron chi connectivity index (χ0n) is 12.7. The molecule has 0 amide bonds. The molecule has 0 unspecified atom stereocenters. The molecule has 2 aromatic heterocycles. The van der Waals surface area contributed by atoms with E-state index in [0.717, 1.165) is 6.07 Å². The van der Waals surface area contributed by atoms with Crippen molar-refractivity contribution < 1.29 is 17.9 Å². The Morgan fingerprint density at radius 3 is 2.87 bits per heavy atom. The number of furan rings is 1. The Balaban J connectivity index is 1.91. The minimum absolute atomic E-state index is 0.129. The highest BCUT2D eigenvalue weighted by molar-refractivity contribution is 5.88. The second-order valence-electron chi connectivity index (χ2n) is 4.99. The predicted molar refractivity (Wildman–Crippen MR) is 81.6 cm³/mol. The summed E-state index contributed by atoms with van der Waals surface area (Å²) in [5.74, 6) is -0.506. The average Bonchev–Trinajstić information content (AvgIpc) is 2.89. The van der Waals surface area contributed by atoms with Gasteiger partial charge in [0.2, 0.25) is 0 Å². The number of nitrogens with zero attached hydrogens (tertiary/aromatic N) is 2. The van der Waals surface area contributed by atoms with E-state index in [1.165, 1.54) is 13.4 Å². The van der Waals surface area contributed by atoms with Crippen molar-refractivity contribution in [1.29, 1.82) is 0 Å². The molecule has 0 spiro atoms. The maximum absolute atomic E-state index is 14.2. The third kappa shape index (κ3) is 2.81. The van der Waals surface area contributed by atoms with E-state index in [4.69, 9.17) is 9.15 Å². The summed E-state index contributed by atoms with van der Waals surface area (Å²) in [5.41, 5.74) is 0.831. The van der Waals surface area contributed by atoms with Gasteiger partial charge in [0.25, 0.3) is 0 Å². The fourth-order valence-corrected chi connectivity index (χ4v) is 2.51. The van der Waals surface area contributed by atoms with Crippen molar-refractivity contribution in [2.24, 2.45) is 0 Å². The number of aromatic nitrogens is 2. The van der Waals surface area contributed by atoms with Crippen LogP contribution in [0.15, 0.2) is 29.1 Å². The summed E-state index contributed by atoms with van der Waals surface area (Å²) >= 11 is 0. The van der Waals surface area contributed by atoms with E-state index in [2.05, 4.69) is 15.3 Å². The minimum atomic E-state index is -0.958. The lowest BCUT2D eigenvalue weighted by Gasteiger charge is -2.06. The number of rotatable bonds is 5. The van der Waals surface area contributed by atoms with E-state index in [0.29, 0.717) is 30.1 Å². The molecule has 0 aliphatic rings. The van der Waals surface area contributed by atoms with Crippen LogP contribution in [-0.2, 0) is 6.42 Å². The first-order chi connectivity index (χ1) is 11.1. The number of benzene rings is 1. The van der Waals surface area contributed by atoms with Crippen LogP contribution in [0.5, 0.6) is 5.75 Å². The van der Waals surface area contributed by atoms with Crippen molar-refractivity contribution >= 4 is 16.8 Å². The van der Waals surface area contributed by atoms with Crippen molar-refractivity contribution in [3.63, 3.8) is 0 Å². The first-order valence-corrected chi connectivity index (χ1v) is 7.05. The van der Waals surface area contributed by atoms with Gasteiger partial charge in [0.1, 0.15) is 17.9 Å². The quantitative estimate of drug-likeness (QED) is 0.780. The van der Waals surface area contributed by atoms with Gasteiger partial charge in [-0.2, -0.15) is 0 Å². The Kier molecular flexibility index (Phi) is 4.10. The first-order valence-electron chi connectivity index (χ1n) is 7.05. The number of aryl methyl sites for hydroxylation is 1. The molecule has 2 heterocycles. The number of fused-ring (bicyclic) bond motifs is 1. The first kappa shape index (κ1) is 15.2. The van der Waals surface area contributed by atoms with Gasteiger partial charge in [-0.1, -0.05) is 0 Å². The molecule has 1 aromatic carbocycles. The van der Waals surface area contributed by atoms with Gasteiger partial charge in [-0.05, 0) is 19.4 Å². The summed E-state index contributed by atoms with van der Waals surface area (Å²) < 4.78 is 38.6. The highest BCUT2D eigenvalue weighted by atomic mass is 19.2. The standard InChI is InChI=1S/C16H15F2N3O2/c1-9-10(3-6-20-13-4-5-19-8-21-13)14-15(18)11(17)7-12(22-2)16(14)23-9/h4-5,7-8H,3,6H2,1-2H3,(H,19,20,21). The van der Waals surface area contributed by atoms with Crippen LogP contribution in [-0.4, -0.2) is 23.6 Å². The SMILES string of the molecule is COc1cc(F)c(F)c2c(CCNc3ccncn3)c(C)oc12. The molecule has 0 saturated heterocycles. The molecule has 5 nitrogen and oxygen atoms in total. The lowest BCUT2D eigenvalue weighted by atomic mass is 10.1. The van der Waals surface area contributed by atoms with Crippen LogP contribution in [0.2, 0.25) is 0 Å². The molecular formula is C16H15F2N3O2. The highest BCUT2D eigenvalue weighted by Crippen LogP contribution is 2.36. The van der Waals surface area contributed by atoms with Gasteiger partial charge in [0.15, 0.2) is 23.0 Å². The summed E-state index contributed by atoms with van der Waals surface area (Å²) in [4.78, 5) is 7.87. The number of methoxy groups -OCH3 is 1. The number of anilines is 1. The molecule has 0 aliphatic heterocycles. The molecule has 0 radical (unpaired) electrons. The van der Waals surface area contributed by atoms with Gasteiger partial charge in [0.05, 0.1) is 12.5 Å². The number of hydrogen-bond acceptors (Lipinski definition) is 5. The zero-order valence-corrected chi connectivity index (χ0v) is 12.7. The van der Waals surface area contributed by atoms with Gasteiger partial charge < -0.3 is 14.5 Å². The summed E-state index contributed by atoms with van der Waals surface area (Å²) in [5, 5.41) is 3.23. The molecule has 1 N–H and O–H groups in total. The third-order valence-corrected chi connectivity index (χ3v) is 3.60. The molecule has 0 atom stereocenters. The van der Waals surface area contributed by atoms with Gasteiger partial charge in [-0.15, -0.1) is 0 Å². The van der Waals surface area contributed by atoms with Crippen LogP contribution in [0.25, 0.3) is 11.0 Å². The van der Waals surface area contributed by atoms with E-state index in [1.54, 1.807) is 19.2 Å². The van der Waals surface area contributed by atoms with E-state index >= 15 is 0 Å². The molecule has 120 valence electrons. The van der Waals surface area contributed by atoms with Gasteiger partial charge >= 0.3 is 0 Å². The lowest BCUT2D eigenvalue weighted by Crippen LogP contribution is -2.07. The normalized spacial score (nSPS) is 11.0. The molecule has 0 aliphatic carbocycles. The lowest BCUT2D eigenvalue weighted by molar-refractivity contribution is 0.402. The van der Waals surface area contributed by atoms with Crippen molar-refractivity contribution in [2.45, 2.75) is 13.3 Å². The Morgan fingerprint density at radius 1 is 1.35 bits per heavy atom. The van der Waals surface area contributed by atoms with E-state index in [1.807, 2.05) is 0 Å². The smallest absolute Gasteiger partial charge is 0.179 e. The maximum Gasteiger partial charge on any atom is 0.179 e. The molecular weight excluding hydrogens is 304 g/mol. The second-order valence-corrected chi connectivity index (χ2v) is 4.99. The summed E-state index contributed by atoms with van der Waals surface area (Å²) in [6.45, 7) is 2.21. The van der Waals surface area contributed by atoms with Crippen molar-refractivity contribution in [1.82, 2.24) is 9.97 Å². The van der Waals surface area contributed by atoms with Crippen LogP contribution >= 0.6 is 0 Å². The Bertz CT molecular complexity index is 834. The molecule has 3 aromatic rings. The highest BCUT2D eigenvalue weighted by Gasteiger charge is 2.21. The molecule has 0 fully saturated rings. The fourth-order valence-electron chi connectivity index (χ4n) is 2.51. The summed E-state index contributed by atoms with van der Waals surface area (Å²) in [6.07, 6.45) is 3.50. The number of nitrogens with one attached hydrogen (secondary N) is 1. The van der Waals surface area contributed by atoms with E-state index in [-0.39, 0.29) is 16.7 Å². The van der Waals surface area contributed by atoms with Crippen LogP contribution in [0.3, 0.4) is 0 Å². The topological polar surface area (TPSA) is 60.2 Å². The number of halogens is 2. The Hall–Kier alpha value is -2.70. The second kappa shape index (κ2) is 6.20. The van der Waals surface area contributed by atoms with Crippen LogP contribution in [0.1, 0.15) is 11.3 Å². The van der Waals surface area contributed by atoms with E-state index < -0.39 is 11.6 Å². The summed E-state index contributed by atoms with van der Waals surface area (Å²) in [6, 6.07) is 2.72. The van der Waals surface area contributed by atoms with Gasteiger partial charge in [0, 0.05) is 24.4 Å². The third-order valence-electron chi connectivity index (χ3n) is 3.60. The van der Waals surface area contributed by atoms with Gasteiger partial charge in [-0.3, -0.25) is 0 Å². The van der Waals surface area contributed by atoms with Crippen molar-refractivity contribution in [3.05, 3.63) is 47.6 Å². The minimum Gasteiger partial charge on any atom is -0.493 e. The maximum atomic E-state index is 14.2. The van der Waals surface area contributed by atoms with Crippen LogP contribution in [0, 0.1) is 18.6 Å². The summed E-state index contributed by atoms with van der Waals surface area (Å²) in [7, 11) is 1.39. The molecule has 0 saturated carbocycles. The molecule has 3 rings (SSSR count). The van der Waals surface area contributed by atoms with Crippen molar-refractivity contribution in [3.8, 4) is 5.75 Å². The average molecular weight is 319 g/mol. The molecule has 0 bridgehead atoms. The Labute approximate surface area is 131 Å². The Morgan fingerprint density at radius 2 is 2.17 bits per heavy atom. The molecule has 7 heteroatoms. The number of hydrogen-bond donors (Lipinski definition) is 1. The molecule has 23 heavy (non-hydrogen) atoms. The zero-order chi connectivity index (χ0) is 16.4. The van der Waals surface area contributed by atoms with Crippen LogP contribution < -0.4 is 10.1 Å². The number of ether oxygens (including phenoxy) is 1. The monoisotopic (exact) mass is 319 g/mol.